The fraction of sp³-hybridized carbons (Fsp3) is 0.167. The minimum Gasteiger partial charge on any atom is -0.354 e. The molecule has 3 heterocycles. The molecule has 24 heavy (non-hydrogen) atoms. The van der Waals surface area contributed by atoms with Gasteiger partial charge in [-0.05, 0) is 23.9 Å². The molecule has 1 N–H and O–H groups in total. The lowest BCUT2D eigenvalue weighted by Crippen LogP contribution is -2.08. The van der Waals surface area contributed by atoms with Crippen LogP contribution in [-0.2, 0) is 6.54 Å². The van der Waals surface area contributed by atoms with Crippen LogP contribution in [0.1, 0.15) is 6.42 Å². The average molecular weight is 335 g/mol. The lowest BCUT2D eigenvalue weighted by Gasteiger charge is -2.05. The largest absolute Gasteiger partial charge is 0.354 e. The second-order valence-electron chi connectivity index (χ2n) is 5.52. The van der Waals surface area contributed by atoms with Gasteiger partial charge in [-0.15, -0.1) is 11.3 Å². The van der Waals surface area contributed by atoms with Gasteiger partial charge in [0, 0.05) is 53.0 Å². The minimum atomic E-state index is 0.672. The molecule has 0 saturated carbocycles. The van der Waals surface area contributed by atoms with Gasteiger partial charge in [-0.1, -0.05) is 18.2 Å². The predicted molar refractivity (Wildman–Crippen MR) is 98.2 cm³/mol. The summed E-state index contributed by atoms with van der Waals surface area (Å²) < 4.78 is 3.35. The first kappa shape index (κ1) is 14.8. The molecule has 3 aromatic heterocycles. The van der Waals surface area contributed by atoms with Gasteiger partial charge < -0.3 is 9.88 Å². The van der Waals surface area contributed by atoms with Gasteiger partial charge >= 0.3 is 0 Å². The number of thiophene rings is 1. The quantitative estimate of drug-likeness (QED) is 0.540. The summed E-state index contributed by atoms with van der Waals surface area (Å²) in [5.41, 5.74) is 1.06. The zero-order chi connectivity index (χ0) is 16.2. The smallest absolute Gasteiger partial charge is 0.222 e. The first-order chi connectivity index (χ1) is 11.9. The fourth-order valence-corrected chi connectivity index (χ4v) is 3.59. The van der Waals surface area contributed by atoms with E-state index in [4.69, 9.17) is 0 Å². The highest BCUT2D eigenvalue weighted by molar-refractivity contribution is 7.22. The number of aromatic nitrogens is 4. The third kappa shape index (κ3) is 3.28. The number of imidazole rings is 1. The van der Waals surface area contributed by atoms with Crippen LogP contribution >= 0.6 is 11.3 Å². The van der Waals surface area contributed by atoms with Gasteiger partial charge in [-0.25, -0.2) is 15.0 Å². The van der Waals surface area contributed by atoms with E-state index in [-0.39, 0.29) is 0 Å². The summed E-state index contributed by atoms with van der Waals surface area (Å²) in [4.78, 5) is 14.1. The van der Waals surface area contributed by atoms with Crippen molar-refractivity contribution in [2.75, 3.05) is 11.9 Å². The van der Waals surface area contributed by atoms with Crippen LogP contribution < -0.4 is 5.32 Å². The normalized spacial score (nSPS) is 11.0. The Kier molecular flexibility index (Phi) is 4.20. The summed E-state index contributed by atoms with van der Waals surface area (Å²) in [6.45, 7) is 1.77. The van der Waals surface area contributed by atoms with Gasteiger partial charge in [0.2, 0.25) is 5.95 Å². The Bertz CT molecular complexity index is 879. The summed E-state index contributed by atoms with van der Waals surface area (Å²) >= 11 is 1.77. The van der Waals surface area contributed by atoms with Crippen LogP contribution in [0.25, 0.3) is 20.5 Å². The Hall–Kier alpha value is -2.73. The Morgan fingerprint density at radius 1 is 1.12 bits per heavy atom. The maximum atomic E-state index is 4.43. The number of aryl methyl sites for hydroxylation is 1. The number of nitrogens with one attached hydrogen (secondary N) is 1. The number of fused-ring (bicyclic) bond motifs is 1. The highest BCUT2D eigenvalue weighted by Crippen LogP contribution is 2.32. The molecule has 6 heteroatoms. The zero-order valence-corrected chi connectivity index (χ0v) is 13.9. The summed E-state index contributed by atoms with van der Waals surface area (Å²) in [7, 11) is 0. The molecule has 0 aliphatic carbocycles. The van der Waals surface area contributed by atoms with Crippen molar-refractivity contribution in [1.82, 2.24) is 19.5 Å². The molecule has 120 valence electrons. The third-order valence-electron chi connectivity index (χ3n) is 3.80. The Morgan fingerprint density at radius 3 is 2.79 bits per heavy atom. The molecule has 0 aliphatic rings. The van der Waals surface area contributed by atoms with Gasteiger partial charge in [-0.3, -0.25) is 0 Å². The summed E-state index contributed by atoms with van der Waals surface area (Å²) in [6, 6.07) is 10.6. The Labute approximate surface area is 144 Å². The first-order valence-electron chi connectivity index (χ1n) is 7.89. The lowest BCUT2D eigenvalue weighted by atomic mass is 10.2. The number of hydrogen-bond acceptors (Lipinski definition) is 5. The molecule has 5 nitrogen and oxygen atoms in total. The van der Waals surface area contributed by atoms with Crippen LogP contribution in [0.5, 0.6) is 0 Å². The summed E-state index contributed by atoms with van der Waals surface area (Å²) in [5.74, 6) is 0.672. The number of anilines is 1. The predicted octanol–water partition coefficient (Wildman–Crippen LogP) is 4.06. The van der Waals surface area contributed by atoms with Crippen molar-refractivity contribution in [3.8, 4) is 10.4 Å². The molecule has 0 amide bonds. The van der Waals surface area contributed by atoms with Gasteiger partial charge in [0.05, 0.1) is 6.33 Å². The van der Waals surface area contributed by atoms with Crippen molar-refractivity contribution in [1.29, 1.82) is 0 Å². The Morgan fingerprint density at radius 2 is 2.00 bits per heavy atom. The highest BCUT2D eigenvalue weighted by atomic mass is 32.1. The van der Waals surface area contributed by atoms with Crippen molar-refractivity contribution in [3.05, 3.63) is 61.4 Å². The number of benzene rings is 1. The molecule has 1 aromatic carbocycles. The van der Waals surface area contributed by atoms with Crippen molar-refractivity contribution < 1.29 is 0 Å². The van der Waals surface area contributed by atoms with Gasteiger partial charge in [-0.2, -0.15) is 0 Å². The SMILES string of the molecule is c1ccc2sc(-c3cnc(NCCCn4ccnc4)nc3)cc2c1. The van der Waals surface area contributed by atoms with Gasteiger partial charge in [0.1, 0.15) is 0 Å². The van der Waals surface area contributed by atoms with Crippen molar-refractivity contribution >= 4 is 27.4 Å². The van der Waals surface area contributed by atoms with Crippen LogP contribution in [-0.4, -0.2) is 26.1 Å². The molecule has 0 bridgehead atoms. The lowest BCUT2D eigenvalue weighted by molar-refractivity contribution is 0.659. The van der Waals surface area contributed by atoms with Crippen LogP contribution in [0.4, 0.5) is 5.95 Å². The topological polar surface area (TPSA) is 55.6 Å². The first-order valence-corrected chi connectivity index (χ1v) is 8.71. The molecular formula is C18H17N5S. The van der Waals surface area contributed by atoms with Gasteiger partial charge in [0.25, 0.3) is 0 Å². The van der Waals surface area contributed by atoms with E-state index in [2.05, 4.69) is 55.2 Å². The van der Waals surface area contributed by atoms with Crippen LogP contribution in [0, 0.1) is 0 Å². The van der Waals surface area contributed by atoms with E-state index in [9.17, 15) is 0 Å². The van der Waals surface area contributed by atoms with Crippen molar-refractivity contribution in [3.63, 3.8) is 0 Å². The zero-order valence-electron chi connectivity index (χ0n) is 13.1. The maximum absolute atomic E-state index is 4.43. The molecule has 4 rings (SSSR count). The molecule has 0 saturated heterocycles. The fourth-order valence-electron chi connectivity index (χ4n) is 2.55. The van der Waals surface area contributed by atoms with E-state index in [0.29, 0.717) is 5.95 Å². The molecule has 4 aromatic rings. The Balaban J connectivity index is 1.37. The second-order valence-corrected chi connectivity index (χ2v) is 6.61. The van der Waals surface area contributed by atoms with Crippen molar-refractivity contribution in [2.24, 2.45) is 0 Å². The average Bonchev–Trinajstić information content (AvgIpc) is 3.28. The molecule has 0 atom stereocenters. The molecular weight excluding hydrogens is 318 g/mol. The van der Waals surface area contributed by atoms with Crippen LogP contribution in [0.15, 0.2) is 61.4 Å². The van der Waals surface area contributed by atoms with Crippen LogP contribution in [0.3, 0.4) is 0 Å². The second kappa shape index (κ2) is 6.80. The van der Waals surface area contributed by atoms with E-state index in [1.54, 1.807) is 17.5 Å². The molecule has 0 fully saturated rings. The van der Waals surface area contributed by atoms with Crippen LogP contribution in [0.2, 0.25) is 0 Å². The number of rotatable bonds is 6. The van der Waals surface area contributed by atoms with E-state index < -0.39 is 0 Å². The molecule has 0 unspecified atom stereocenters. The molecule has 0 aliphatic heterocycles. The third-order valence-corrected chi connectivity index (χ3v) is 4.96. The monoisotopic (exact) mass is 335 g/mol. The van der Waals surface area contributed by atoms with Crippen molar-refractivity contribution in [2.45, 2.75) is 13.0 Å². The van der Waals surface area contributed by atoms with E-state index in [1.165, 1.54) is 15.0 Å². The summed E-state index contributed by atoms with van der Waals surface area (Å²) in [5, 5.41) is 4.52. The number of hydrogen-bond donors (Lipinski definition) is 1. The van der Waals surface area contributed by atoms with Gasteiger partial charge in [0.15, 0.2) is 0 Å². The molecule has 0 spiro atoms. The number of nitrogens with zero attached hydrogens (tertiary/aromatic N) is 4. The standard InChI is InChI=1S/C18H17N5S/c1-2-5-16-14(4-1)10-17(24-16)15-11-21-18(22-12-15)20-6-3-8-23-9-7-19-13-23/h1-2,4-5,7,9-13H,3,6,8H2,(H,20,21,22). The van der Waals surface area contributed by atoms with E-state index in [0.717, 1.165) is 25.1 Å². The minimum absolute atomic E-state index is 0.672. The maximum Gasteiger partial charge on any atom is 0.222 e. The van der Waals surface area contributed by atoms with E-state index in [1.807, 2.05) is 24.9 Å². The highest BCUT2D eigenvalue weighted by Gasteiger charge is 2.05. The molecule has 0 radical (unpaired) electrons. The summed E-state index contributed by atoms with van der Waals surface area (Å²) in [6.07, 6.45) is 10.4. The van der Waals surface area contributed by atoms with E-state index >= 15 is 0 Å².